The van der Waals surface area contributed by atoms with Crippen molar-refractivity contribution in [3.05, 3.63) is 35.9 Å². The highest BCUT2D eigenvalue weighted by atomic mass is 31.2. The molecule has 20 heavy (non-hydrogen) atoms. The maximum atomic E-state index is 12.0. The maximum absolute atomic E-state index is 12.0. The first-order chi connectivity index (χ1) is 9.54. The smallest absolute Gasteiger partial charge is 0.333 e. The van der Waals surface area contributed by atoms with Crippen LogP contribution in [0.25, 0.3) is 0 Å². The summed E-state index contributed by atoms with van der Waals surface area (Å²) in [6, 6.07) is 9.52. The molecule has 112 valence electrons. The molecular formula is C13H19O6P. The fourth-order valence-electron chi connectivity index (χ4n) is 2.01. The van der Waals surface area contributed by atoms with Crippen LogP contribution in [0.1, 0.15) is 5.56 Å². The number of ether oxygens (including phenoxy) is 1. The van der Waals surface area contributed by atoms with Crippen molar-refractivity contribution in [3.8, 4) is 0 Å². The minimum Gasteiger partial charge on any atom is -0.390 e. The minimum absolute atomic E-state index is 0.0282. The molecule has 0 saturated carbocycles. The summed E-state index contributed by atoms with van der Waals surface area (Å²) in [6.07, 6.45) is -3.35. The van der Waals surface area contributed by atoms with E-state index < -0.39 is 25.9 Å². The molecule has 7 heteroatoms. The Morgan fingerprint density at radius 2 is 2.05 bits per heavy atom. The van der Waals surface area contributed by atoms with Crippen LogP contribution in [0.4, 0.5) is 0 Å². The molecule has 1 aromatic rings. The Labute approximate surface area is 117 Å². The zero-order valence-electron chi connectivity index (χ0n) is 11.2. The molecule has 0 bridgehead atoms. The summed E-state index contributed by atoms with van der Waals surface area (Å²) in [7, 11) is -2.09. The van der Waals surface area contributed by atoms with Crippen LogP contribution in [0.15, 0.2) is 30.3 Å². The van der Waals surface area contributed by atoms with Crippen molar-refractivity contribution in [2.75, 3.05) is 19.9 Å². The molecule has 1 aliphatic heterocycles. The molecule has 0 spiro atoms. The number of hydrogen-bond acceptors (Lipinski definition) is 6. The Bertz CT molecular complexity index is 465. The fraction of sp³-hybridized carbons (Fsp3) is 0.538. The van der Waals surface area contributed by atoms with Gasteiger partial charge >= 0.3 is 7.60 Å². The van der Waals surface area contributed by atoms with Crippen molar-refractivity contribution in [1.29, 1.82) is 0 Å². The molecule has 1 aliphatic rings. The summed E-state index contributed by atoms with van der Waals surface area (Å²) in [6.45, 7) is 0.376. The molecule has 1 unspecified atom stereocenters. The summed E-state index contributed by atoms with van der Waals surface area (Å²) in [5, 5.41) is 19.5. The maximum Gasteiger partial charge on any atom is 0.333 e. The third kappa shape index (κ3) is 3.88. The summed E-state index contributed by atoms with van der Waals surface area (Å²) >= 11 is 0. The van der Waals surface area contributed by atoms with Crippen molar-refractivity contribution >= 4 is 7.60 Å². The van der Waals surface area contributed by atoms with E-state index in [-0.39, 0.29) is 12.8 Å². The van der Waals surface area contributed by atoms with Gasteiger partial charge in [-0.1, -0.05) is 30.3 Å². The lowest BCUT2D eigenvalue weighted by Crippen LogP contribution is -2.47. The van der Waals surface area contributed by atoms with Gasteiger partial charge in [-0.05, 0) is 5.56 Å². The molecular weight excluding hydrogens is 283 g/mol. The monoisotopic (exact) mass is 302 g/mol. The number of aliphatic hydroxyl groups is 2. The van der Waals surface area contributed by atoms with Crippen LogP contribution in [-0.4, -0.2) is 48.4 Å². The van der Waals surface area contributed by atoms with Gasteiger partial charge in [0.1, 0.15) is 12.2 Å². The Morgan fingerprint density at radius 1 is 1.35 bits per heavy atom. The van der Waals surface area contributed by atoms with E-state index in [9.17, 15) is 14.8 Å². The number of aliphatic hydroxyl groups excluding tert-OH is 2. The Hall–Kier alpha value is -0.750. The molecule has 6 nitrogen and oxygen atoms in total. The summed E-state index contributed by atoms with van der Waals surface area (Å²) in [4.78, 5) is 0. The quantitative estimate of drug-likeness (QED) is 0.794. The van der Waals surface area contributed by atoms with Crippen molar-refractivity contribution in [2.45, 2.75) is 24.9 Å². The van der Waals surface area contributed by atoms with E-state index in [1.165, 1.54) is 7.11 Å². The second-order valence-corrected chi connectivity index (χ2v) is 6.84. The van der Waals surface area contributed by atoms with Gasteiger partial charge in [-0.2, -0.15) is 0 Å². The highest BCUT2D eigenvalue weighted by Gasteiger charge is 2.43. The van der Waals surface area contributed by atoms with E-state index in [0.29, 0.717) is 6.61 Å². The summed E-state index contributed by atoms with van der Waals surface area (Å²) in [5.41, 5.74) is 0.980. The predicted octanol–water partition coefficient (Wildman–Crippen LogP) is 1.16. The first-order valence-electron chi connectivity index (χ1n) is 6.35. The molecule has 4 atom stereocenters. The van der Waals surface area contributed by atoms with E-state index in [2.05, 4.69) is 0 Å². The van der Waals surface area contributed by atoms with E-state index in [1.54, 1.807) is 0 Å². The minimum atomic E-state index is -3.35. The Morgan fingerprint density at radius 3 is 2.70 bits per heavy atom. The lowest BCUT2D eigenvalue weighted by molar-refractivity contribution is -0.0927. The zero-order valence-corrected chi connectivity index (χ0v) is 12.1. The predicted molar refractivity (Wildman–Crippen MR) is 72.5 cm³/mol. The van der Waals surface area contributed by atoms with E-state index in [0.717, 1.165) is 5.56 Å². The Kier molecular flexibility index (Phi) is 5.32. The lowest BCUT2D eigenvalue weighted by atomic mass is 10.1. The van der Waals surface area contributed by atoms with E-state index in [1.807, 2.05) is 30.3 Å². The number of benzene rings is 1. The van der Waals surface area contributed by atoms with Crippen LogP contribution in [-0.2, 0) is 25.0 Å². The first kappa shape index (κ1) is 15.6. The van der Waals surface area contributed by atoms with Gasteiger partial charge in [-0.15, -0.1) is 0 Å². The van der Waals surface area contributed by atoms with Crippen LogP contribution in [0, 0.1) is 0 Å². The number of hydrogen-bond donors (Lipinski definition) is 2. The molecule has 1 saturated heterocycles. The molecule has 1 heterocycles. The third-order valence-electron chi connectivity index (χ3n) is 3.15. The highest BCUT2D eigenvalue weighted by molar-refractivity contribution is 7.54. The molecule has 0 aliphatic carbocycles. The molecule has 2 rings (SSSR count). The third-order valence-corrected chi connectivity index (χ3v) is 5.12. The molecule has 0 radical (unpaired) electrons. The second kappa shape index (κ2) is 6.80. The SMILES string of the molecule is COP1(=O)C[C@@H](O)[C@@H](O)[C@@H](COCc2ccccc2)O1. The molecule has 0 aromatic heterocycles. The molecule has 2 N–H and O–H groups in total. The first-order valence-corrected chi connectivity index (χ1v) is 8.08. The average Bonchev–Trinajstić information content (AvgIpc) is 2.45. The second-order valence-electron chi connectivity index (χ2n) is 4.68. The van der Waals surface area contributed by atoms with Gasteiger partial charge < -0.3 is 19.5 Å². The van der Waals surface area contributed by atoms with E-state index in [4.69, 9.17) is 13.8 Å². The number of rotatable bonds is 5. The van der Waals surface area contributed by atoms with Crippen LogP contribution in [0.2, 0.25) is 0 Å². The van der Waals surface area contributed by atoms with Crippen LogP contribution in [0.5, 0.6) is 0 Å². The van der Waals surface area contributed by atoms with Gasteiger partial charge in [0, 0.05) is 7.11 Å². The normalized spacial score (nSPS) is 34.0. The fourth-order valence-corrected chi connectivity index (χ4v) is 3.60. The summed E-state index contributed by atoms with van der Waals surface area (Å²) < 4.78 is 27.5. The van der Waals surface area contributed by atoms with Gasteiger partial charge in [0.25, 0.3) is 0 Å². The molecule has 0 amide bonds. The summed E-state index contributed by atoms with van der Waals surface area (Å²) in [5.74, 6) is 0. The van der Waals surface area contributed by atoms with Crippen LogP contribution in [0.3, 0.4) is 0 Å². The molecule has 1 aromatic carbocycles. The van der Waals surface area contributed by atoms with Crippen molar-refractivity contribution in [1.82, 2.24) is 0 Å². The van der Waals surface area contributed by atoms with Crippen LogP contribution < -0.4 is 0 Å². The van der Waals surface area contributed by atoms with Gasteiger partial charge in [-0.3, -0.25) is 9.09 Å². The Balaban J connectivity index is 1.89. The largest absolute Gasteiger partial charge is 0.390 e. The van der Waals surface area contributed by atoms with Gasteiger partial charge in [0.2, 0.25) is 0 Å². The van der Waals surface area contributed by atoms with E-state index >= 15 is 0 Å². The standard InChI is InChI=1S/C13H19O6P/c1-17-20(16)9-11(14)13(15)12(19-20)8-18-7-10-5-3-2-4-6-10/h2-6,11-15H,7-9H2,1H3/t11-,12-,13-,20?/m1/s1. The van der Waals surface area contributed by atoms with Gasteiger partial charge in [0.15, 0.2) is 0 Å². The van der Waals surface area contributed by atoms with Crippen molar-refractivity contribution < 1.29 is 28.6 Å². The van der Waals surface area contributed by atoms with Gasteiger partial charge in [-0.25, -0.2) is 0 Å². The topological polar surface area (TPSA) is 85.2 Å². The van der Waals surface area contributed by atoms with Crippen molar-refractivity contribution in [2.24, 2.45) is 0 Å². The van der Waals surface area contributed by atoms with Crippen LogP contribution >= 0.6 is 7.60 Å². The lowest BCUT2D eigenvalue weighted by Gasteiger charge is -2.35. The van der Waals surface area contributed by atoms with Gasteiger partial charge in [0.05, 0.1) is 25.5 Å². The average molecular weight is 302 g/mol. The van der Waals surface area contributed by atoms with Crippen molar-refractivity contribution in [3.63, 3.8) is 0 Å². The highest BCUT2D eigenvalue weighted by Crippen LogP contribution is 2.52. The molecule has 1 fully saturated rings. The zero-order chi connectivity index (χ0) is 14.6.